The van der Waals surface area contributed by atoms with Crippen molar-refractivity contribution in [3.05, 3.63) is 0 Å². The number of rotatable bonds is 8. The van der Waals surface area contributed by atoms with Gasteiger partial charge in [-0.3, -0.25) is 19.8 Å². The van der Waals surface area contributed by atoms with E-state index in [2.05, 4.69) is 24.1 Å². The minimum atomic E-state index is -0.0974. The van der Waals surface area contributed by atoms with Gasteiger partial charge in [-0.2, -0.15) is 0 Å². The van der Waals surface area contributed by atoms with E-state index in [0.29, 0.717) is 6.42 Å². The number of hydrogen-bond donors (Lipinski definition) is 1. The molecule has 4 heteroatoms. The Morgan fingerprint density at radius 3 is 2.27 bits per heavy atom. The van der Waals surface area contributed by atoms with Gasteiger partial charge in [-0.15, -0.1) is 0 Å². The fourth-order valence-corrected chi connectivity index (χ4v) is 3.97. The van der Waals surface area contributed by atoms with Gasteiger partial charge in [0.15, 0.2) is 0 Å². The first-order valence-corrected chi connectivity index (χ1v) is 9.17. The maximum absolute atomic E-state index is 11.5. The van der Waals surface area contributed by atoms with E-state index in [0.717, 1.165) is 24.9 Å². The van der Waals surface area contributed by atoms with Gasteiger partial charge in [-0.25, -0.2) is 0 Å². The molecule has 2 amide bonds. The molecule has 2 saturated heterocycles. The average molecular weight is 308 g/mol. The lowest BCUT2D eigenvalue weighted by Gasteiger charge is -2.39. The Balaban J connectivity index is 1.49. The summed E-state index contributed by atoms with van der Waals surface area (Å²) >= 11 is 0. The van der Waals surface area contributed by atoms with Crippen molar-refractivity contribution in [3.8, 4) is 0 Å². The van der Waals surface area contributed by atoms with Crippen LogP contribution in [0.25, 0.3) is 0 Å². The number of carbonyl (C=O) groups is 2. The fraction of sp³-hybridized carbons (Fsp3) is 0.889. The maximum Gasteiger partial charge on any atom is 0.230 e. The van der Waals surface area contributed by atoms with Crippen molar-refractivity contribution in [3.63, 3.8) is 0 Å². The molecule has 0 radical (unpaired) electrons. The highest BCUT2D eigenvalue weighted by Gasteiger charge is 2.29. The van der Waals surface area contributed by atoms with Crippen molar-refractivity contribution < 1.29 is 9.59 Å². The van der Waals surface area contributed by atoms with E-state index in [1.165, 1.54) is 51.5 Å². The standard InChI is InChI=1S/C18H32N2O2/c1-14-9-8-10-15(2)20(14)12-7-5-3-4-6-11-16-13-17(21)19-18(16)22/h14-16H,3-13H2,1-2H3,(H,19,21,22). The summed E-state index contributed by atoms with van der Waals surface area (Å²) in [5.41, 5.74) is 0. The van der Waals surface area contributed by atoms with Crippen LogP contribution in [0.2, 0.25) is 0 Å². The first-order chi connectivity index (χ1) is 10.6. The third-order valence-corrected chi connectivity index (χ3v) is 5.41. The first kappa shape index (κ1) is 17.5. The molecule has 2 rings (SSSR count). The number of likely N-dealkylation sites (tertiary alicyclic amines) is 1. The molecule has 0 saturated carbocycles. The van der Waals surface area contributed by atoms with Crippen LogP contribution in [0, 0.1) is 5.92 Å². The number of piperidine rings is 1. The van der Waals surface area contributed by atoms with E-state index in [9.17, 15) is 9.59 Å². The molecule has 0 aliphatic carbocycles. The highest BCUT2D eigenvalue weighted by atomic mass is 16.2. The van der Waals surface area contributed by atoms with Gasteiger partial charge in [0.2, 0.25) is 11.8 Å². The topological polar surface area (TPSA) is 49.4 Å². The van der Waals surface area contributed by atoms with Gasteiger partial charge in [0.05, 0.1) is 0 Å². The monoisotopic (exact) mass is 308 g/mol. The Labute approximate surface area is 135 Å². The van der Waals surface area contributed by atoms with Crippen molar-refractivity contribution in [2.45, 2.75) is 90.1 Å². The molecule has 2 fully saturated rings. The van der Waals surface area contributed by atoms with Crippen LogP contribution in [-0.4, -0.2) is 35.3 Å². The number of amides is 2. The lowest BCUT2D eigenvalue weighted by molar-refractivity contribution is -0.125. The number of imide groups is 1. The molecule has 126 valence electrons. The van der Waals surface area contributed by atoms with Crippen molar-refractivity contribution in [2.24, 2.45) is 5.92 Å². The maximum atomic E-state index is 11.5. The van der Waals surface area contributed by atoms with Crippen LogP contribution in [-0.2, 0) is 9.59 Å². The van der Waals surface area contributed by atoms with E-state index >= 15 is 0 Å². The Morgan fingerprint density at radius 1 is 1.00 bits per heavy atom. The second-order valence-corrected chi connectivity index (χ2v) is 7.24. The van der Waals surface area contributed by atoms with Gasteiger partial charge in [0.25, 0.3) is 0 Å². The molecular weight excluding hydrogens is 276 g/mol. The Morgan fingerprint density at radius 2 is 1.64 bits per heavy atom. The zero-order chi connectivity index (χ0) is 15.9. The van der Waals surface area contributed by atoms with Crippen molar-refractivity contribution in [1.82, 2.24) is 10.2 Å². The summed E-state index contributed by atoms with van der Waals surface area (Å²) < 4.78 is 0. The summed E-state index contributed by atoms with van der Waals surface area (Å²) in [5, 5.41) is 2.39. The van der Waals surface area contributed by atoms with Crippen LogP contribution in [0.3, 0.4) is 0 Å². The van der Waals surface area contributed by atoms with Gasteiger partial charge in [0.1, 0.15) is 0 Å². The SMILES string of the molecule is CC1CCCC(C)N1CCCCCCCC1CC(=O)NC1=O. The molecule has 0 aromatic carbocycles. The van der Waals surface area contributed by atoms with Crippen LogP contribution >= 0.6 is 0 Å². The normalized spacial score (nSPS) is 29.8. The number of carbonyl (C=O) groups excluding carboxylic acids is 2. The molecule has 0 spiro atoms. The quantitative estimate of drug-likeness (QED) is 0.553. The molecule has 1 N–H and O–H groups in total. The molecule has 2 aliphatic heterocycles. The minimum absolute atomic E-state index is 0.0532. The molecule has 2 aliphatic rings. The largest absolute Gasteiger partial charge is 0.298 e. The summed E-state index contributed by atoms with van der Waals surface area (Å²) in [5.74, 6) is -0.208. The summed E-state index contributed by atoms with van der Waals surface area (Å²) in [6.45, 7) is 5.97. The van der Waals surface area contributed by atoms with Crippen LogP contribution in [0.5, 0.6) is 0 Å². The molecule has 0 aromatic rings. The second-order valence-electron chi connectivity index (χ2n) is 7.24. The smallest absolute Gasteiger partial charge is 0.230 e. The molecule has 3 atom stereocenters. The molecule has 3 unspecified atom stereocenters. The van der Waals surface area contributed by atoms with E-state index in [1.807, 2.05) is 0 Å². The molecule has 0 bridgehead atoms. The molecular formula is C18H32N2O2. The zero-order valence-corrected chi connectivity index (χ0v) is 14.3. The van der Waals surface area contributed by atoms with Gasteiger partial charge < -0.3 is 0 Å². The van der Waals surface area contributed by atoms with E-state index < -0.39 is 0 Å². The number of hydrogen-bond acceptors (Lipinski definition) is 3. The third-order valence-electron chi connectivity index (χ3n) is 5.41. The lowest BCUT2D eigenvalue weighted by Crippen LogP contribution is -2.44. The third kappa shape index (κ3) is 5.08. The number of unbranched alkanes of at least 4 members (excludes halogenated alkanes) is 4. The predicted octanol–water partition coefficient (Wildman–Crippen LogP) is 3.25. The van der Waals surface area contributed by atoms with Crippen molar-refractivity contribution >= 4 is 11.8 Å². The minimum Gasteiger partial charge on any atom is -0.298 e. The van der Waals surface area contributed by atoms with E-state index in [1.54, 1.807) is 0 Å². The van der Waals surface area contributed by atoms with Gasteiger partial charge >= 0.3 is 0 Å². The molecule has 2 heterocycles. The van der Waals surface area contributed by atoms with Crippen molar-refractivity contribution in [1.29, 1.82) is 0 Å². The zero-order valence-electron chi connectivity index (χ0n) is 14.3. The molecule has 4 nitrogen and oxygen atoms in total. The van der Waals surface area contributed by atoms with Gasteiger partial charge in [0, 0.05) is 24.4 Å². The summed E-state index contributed by atoms with van der Waals surface area (Å²) in [7, 11) is 0. The van der Waals surface area contributed by atoms with Crippen LogP contribution in [0.4, 0.5) is 0 Å². The summed E-state index contributed by atoms with van der Waals surface area (Å²) in [6, 6.07) is 1.50. The Bertz CT molecular complexity index is 373. The average Bonchev–Trinajstić information content (AvgIpc) is 2.78. The van der Waals surface area contributed by atoms with Gasteiger partial charge in [-0.1, -0.05) is 32.1 Å². The number of nitrogens with one attached hydrogen (secondary N) is 1. The number of nitrogens with zero attached hydrogens (tertiary/aromatic N) is 1. The first-order valence-electron chi connectivity index (χ1n) is 9.17. The van der Waals surface area contributed by atoms with Crippen LogP contribution < -0.4 is 5.32 Å². The predicted molar refractivity (Wildman–Crippen MR) is 88.4 cm³/mol. The second kappa shape index (κ2) is 8.66. The molecule has 22 heavy (non-hydrogen) atoms. The van der Waals surface area contributed by atoms with E-state index in [-0.39, 0.29) is 17.7 Å². The molecule has 0 aromatic heterocycles. The van der Waals surface area contributed by atoms with Crippen molar-refractivity contribution in [2.75, 3.05) is 6.54 Å². The highest BCUT2D eigenvalue weighted by molar-refractivity contribution is 6.03. The van der Waals surface area contributed by atoms with Crippen LogP contribution in [0.1, 0.15) is 78.1 Å². The highest BCUT2D eigenvalue weighted by Crippen LogP contribution is 2.23. The summed E-state index contributed by atoms with van der Waals surface area (Å²) in [4.78, 5) is 25.2. The van der Waals surface area contributed by atoms with E-state index in [4.69, 9.17) is 0 Å². The Kier molecular flexibility index (Phi) is 6.87. The summed E-state index contributed by atoms with van der Waals surface area (Å²) in [6.07, 6.45) is 11.4. The Hall–Kier alpha value is -0.900. The lowest BCUT2D eigenvalue weighted by atomic mass is 9.96. The van der Waals surface area contributed by atoms with Gasteiger partial charge in [-0.05, 0) is 46.1 Å². The van der Waals surface area contributed by atoms with Crippen LogP contribution in [0.15, 0.2) is 0 Å². The fourth-order valence-electron chi connectivity index (χ4n) is 3.97.